The van der Waals surface area contributed by atoms with E-state index in [4.69, 9.17) is 11.6 Å². The van der Waals surface area contributed by atoms with Crippen molar-refractivity contribution < 1.29 is 9.59 Å². The molecule has 154 valence electrons. The second kappa shape index (κ2) is 7.03. The van der Waals surface area contributed by atoms with Gasteiger partial charge in [-0.1, -0.05) is 37.6 Å². The molecule has 1 aliphatic rings. The molecule has 1 aliphatic heterocycles. The predicted octanol–water partition coefficient (Wildman–Crippen LogP) is 5.31. The number of rotatable bonds is 3. The third-order valence-corrected chi connectivity index (χ3v) is 5.86. The van der Waals surface area contributed by atoms with E-state index in [1.807, 2.05) is 43.3 Å². The molecule has 2 amide bonds. The normalized spacial score (nSPS) is 13.5. The molecule has 0 spiro atoms. The number of carbonyl (C=O) groups excluding carboxylic acids is 2. The topological polar surface area (TPSA) is 68.1 Å². The van der Waals surface area contributed by atoms with Gasteiger partial charge in [0.2, 0.25) is 0 Å². The van der Waals surface area contributed by atoms with Crippen LogP contribution in [0.5, 0.6) is 0 Å². The molecule has 6 nitrogen and oxygen atoms in total. The van der Waals surface area contributed by atoms with Crippen LogP contribution in [-0.2, 0) is 0 Å². The molecule has 0 unspecified atom stereocenters. The fraction of sp³-hybridized carbons (Fsp3) is 0.167. The number of aryl methyl sites for hydroxylation is 1. The smallest absolute Gasteiger partial charge is 0.267 e. The molecule has 0 saturated heterocycles. The summed E-state index contributed by atoms with van der Waals surface area (Å²) >= 11 is 6.00. The summed E-state index contributed by atoms with van der Waals surface area (Å²) in [6.07, 6.45) is 1.47. The molecule has 3 heterocycles. The molecule has 0 N–H and O–H groups in total. The van der Waals surface area contributed by atoms with Gasteiger partial charge in [-0.25, -0.2) is 14.6 Å². The van der Waals surface area contributed by atoms with Gasteiger partial charge < -0.3 is 0 Å². The summed E-state index contributed by atoms with van der Waals surface area (Å²) in [5, 5.41) is 5.79. The summed E-state index contributed by atoms with van der Waals surface area (Å²) in [5.74, 6) is -0.366. The molecule has 0 bridgehead atoms. The standard InChI is InChI=1S/C24H19ClN4O2/c1-13(2)15-4-8-17(9-5-15)28-23(30)19-12-26-22-20(21(19)24(28)31)14(3)27-29(22)18-10-6-16(25)7-11-18/h4-13H,1-3H3. The predicted molar refractivity (Wildman–Crippen MR) is 120 cm³/mol. The molecule has 4 aromatic rings. The Morgan fingerprint density at radius 1 is 0.903 bits per heavy atom. The van der Waals surface area contributed by atoms with Gasteiger partial charge in [-0.2, -0.15) is 5.10 Å². The van der Waals surface area contributed by atoms with Gasteiger partial charge in [0.15, 0.2) is 5.65 Å². The minimum absolute atomic E-state index is 0.296. The van der Waals surface area contributed by atoms with E-state index < -0.39 is 0 Å². The van der Waals surface area contributed by atoms with E-state index in [0.717, 1.165) is 11.3 Å². The lowest BCUT2D eigenvalue weighted by Gasteiger charge is -2.15. The van der Waals surface area contributed by atoms with Crippen LogP contribution in [0.1, 0.15) is 51.7 Å². The minimum Gasteiger partial charge on any atom is -0.268 e. The number of hydrogen-bond donors (Lipinski definition) is 0. The van der Waals surface area contributed by atoms with E-state index in [9.17, 15) is 9.59 Å². The lowest BCUT2D eigenvalue weighted by atomic mass is 10.0. The Balaban J connectivity index is 1.64. The Morgan fingerprint density at radius 2 is 1.55 bits per heavy atom. The third kappa shape index (κ3) is 2.94. The van der Waals surface area contributed by atoms with Crippen LogP contribution in [0.25, 0.3) is 16.7 Å². The van der Waals surface area contributed by atoms with Crippen LogP contribution < -0.4 is 4.90 Å². The van der Waals surface area contributed by atoms with Crippen LogP contribution in [0.2, 0.25) is 5.02 Å². The van der Waals surface area contributed by atoms with Crippen LogP contribution >= 0.6 is 11.6 Å². The summed E-state index contributed by atoms with van der Waals surface area (Å²) in [6, 6.07) is 14.7. The van der Waals surface area contributed by atoms with Crippen molar-refractivity contribution in [2.24, 2.45) is 0 Å². The number of aromatic nitrogens is 3. The Morgan fingerprint density at radius 3 is 2.19 bits per heavy atom. The quantitative estimate of drug-likeness (QED) is 0.413. The molecule has 0 saturated carbocycles. The van der Waals surface area contributed by atoms with E-state index in [-0.39, 0.29) is 11.8 Å². The summed E-state index contributed by atoms with van der Waals surface area (Å²) in [6.45, 7) is 6.01. The number of anilines is 1. The Bertz CT molecular complexity index is 1360. The largest absolute Gasteiger partial charge is 0.268 e. The second-order valence-electron chi connectivity index (χ2n) is 7.91. The highest BCUT2D eigenvalue weighted by Crippen LogP contribution is 2.35. The average molecular weight is 431 g/mol. The van der Waals surface area contributed by atoms with Crippen LogP contribution in [0.15, 0.2) is 54.7 Å². The highest BCUT2D eigenvalue weighted by atomic mass is 35.5. The summed E-state index contributed by atoms with van der Waals surface area (Å²) in [4.78, 5) is 32.2. The van der Waals surface area contributed by atoms with Gasteiger partial charge in [0.25, 0.3) is 11.8 Å². The lowest BCUT2D eigenvalue weighted by Crippen LogP contribution is -2.29. The van der Waals surface area contributed by atoms with Gasteiger partial charge in [0.05, 0.1) is 33.6 Å². The lowest BCUT2D eigenvalue weighted by molar-refractivity contribution is 0.0926. The van der Waals surface area contributed by atoms with E-state index in [2.05, 4.69) is 23.9 Å². The number of carbonyl (C=O) groups is 2. The van der Waals surface area contributed by atoms with Crippen molar-refractivity contribution in [3.05, 3.63) is 82.1 Å². The first-order valence-corrected chi connectivity index (χ1v) is 10.4. The van der Waals surface area contributed by atoms with Gasteiger partial charge in [-0.15, -0.1) is 0 Å². The number of nitrogens with zero attached hydrogens (tertiary/aromatic N) is 4. The van der Waals surface area contributed by atoms with Crippen molar-refractivity contribution in [2.75, 3.05) is 4.90 Å². The zero-order valence-corrected chi connectivity index (χ0v) is 18.0. The van der Waals surface area contributed by atoms with Gasteiger partial charge in [-0.3, -0.25) is 9.59 Å². The number of fused-ring (bicyclic) bond motifs is 3. The summed E-state index contributed by atoms with van der Waals surface area (Å²) in [5.41, 5.74) is 4.26. The molecule has 0 aliphatic carbocycles. The Hall–Kier alpha value is -3.51. The van der Waals surface area contributed by atoms with Crippen molar-refractivity contribution in [1.82, 2.24) is 14.8 Å². The Labute approximate surface area is 184 Å². The molecular formula is C24H19ClN4O2. The first-order chi connectivity index (χ1) is 14.9. The molecule has 0 fully saturated rings. The second-order valence-corrected chi connectivity index (χ2v) is 8.35. The molecule has 5 rings (SSSR count). The van der Waals surface area contributed by atoms with Crippen molar-refractivity contribution >= 4 is 40.1 Å². The van der Waals surface area contributed by atoms with Crippen LogP contribution in [0.4, 0.5) is 5.69 Å². The van der Waals surface area contributed by atoms with Crippen molar-refractivity contribution in [2.45, 2.75) is 26.7 Å². The fourth-order valence-electron chi connectivity index (χ4n) is 3.97. The van der Waals surface area contributed by atoms with Gasteiger partial charge in [0, 0.05) is 11.2 Å². The van der Waals surface area contributed by atoms with Gasteiger partial charge in [0.1, 0.15) is 0 Å². The van der Waals surface area contributed by atoms with Crippen molar-refractivity contribution in [3.63, 3.8) is 0 Å². The maximum absolute atomic E-state index is 13.4. The third-order valence-electron chi connectivity index (χ3n) is 5.61. The first kappa shape index (κ1) is 19.5. The number of benzene rings is 2. The zero-order chi connectivity index (χ0) is 21.9. The zero-order valence-electron chi connectivity index (χ0n) is 17.3. The minimum atomic E-state index is -0.370. The van der Waals surface area contributed by atoms with Crippen LogP contribution in [0.3, 0.4) is 0 Å². The maximum atomic E-state index is 13.4. The van der Waals surface area contributed by atoms with Crippen molar-refractivity contribution in [1.29, 1.82) is 0 Å². The molecular weight excluding hydrogens is 412 g/mol. The number of halogens is 1. The van der Waals surface area contributed by atoms with Crippen LogP contribution in [-0.4, -0.2) is 26.6 Å². The van der Waals surface area contributed by atoms with Gasteiger partial charge in [-0.05, 0) is 54.8 Å². The molecule has 0 radical (unpaired) electrons. The van der Waals surface area contributed by atoms with E-state index >= 15 is 0 Å². The SMILES string of the molecule is Cc1nn(-c2ccc(Cl)cc2)c2ncc3c(c12)C(=O)N(c1ccc(C(C)C)cc1)C3=O. The summed E-state index contributed by atoms with van der Waals surface area (Å²) < 4.78 is 1.67. The molecule has 7 heteroatoms. The highest BCUT2D eigenvalue weighted by Gasteiger charge is 2.40. The number of pyridine rings is 1. The van der Waals surface area contributed by atoms with Crippen LogP contribution in [0, 0.1) is 6.92 Å². The number of hydrogen-bond acceptors (Lipinski definition) is 4. The molecule has 0 atom stereocenters. The molecule has 2 aromatic heterocycles. The summed E-state index contributed by atoms with van der Waals surface area (Å²) in [7, 11) is 0. The van der Waals surface area contributed by atoms with E-state index in [1.165, 1.54) is 11.1 Å². The van der Waals surface area contributed by atoms with Crippen molar-refractivity contribution in [3.8, 4) is 5.69 Å². The maximum Gasteiger partial charge on any atom is 0.267 e. The van der Waals surface area contributed by atoms with E-state index in [1.54, 1.807) is 16.8 Å². The first-order valence-electron chi connectivity index (χ1n) is 10.00. The molecule has 31 heavy (non-hydrogen) atoms. The Kier molecular flexibility index (Phi) is 4.41. The monoisotopic (exact) mass is 430 g/mol. The molecule has 2 aromatic carbocycles. The number of imide groups is 1. The van der Waals surface area contributed by atoms with Gasteiger partial charge >= 0.3 is 0 Å². The average Bonchev–Trinajstić information content (AvgIpc) is 3.23. The highest BCUT2D eigenvalue weighted by molar-refractivity contribution is 6.37. The fourth-order valence-corrected chi connectivity index (χ4v) is 4.09. The number of amides is 2. The van der Waals surface area contributed by atoms with E-state index in [0.29, 0.717) is 44.5 Å².